The van der Waals surface area contributed by atoms with Gasteiger partial charge in [0.2, 0.25) is 0 Å². The highest BCUT2D eigenvalue weighted by molar-refractivity contribution is 7.92. The Hall–Kier alpha value is -2.06. The molecule has 0 saturated carbocycles. The largest absolute Gasteiger partial charge is 0.495 e. The van der Waals surface area contributed by atoms with E-state index in [1.54, 1.807) is 0 Å². The smallest absolute Gasteiger partial charge is 0.266 e. The summed E-state index contributed by atoms with van der Waals surface area (Å²) in [5, 5.41) is 7.34. The Morgan fingerprint density at radius 3 is 2.60 bits per heavy atom. The number of hydrogen-bond donors (Lipinski definition) is 2. The molecule has 2 aromatic rings. The molecule has 0 atom stereocenters. The standard InChI is InChI=1S/C11H11ClN4O3S/c1-19-8-6-7(13)2-3-9(8)20(17,18)16-11-5-4-10(12)14-15-11/h2-6H,13H2,1H3,(H,15,16). The van der Waals surface area contributed by atoms with E-state index in [2.05, 4.69) is 14.9 Å². The number of nitrogens with two attached hydrogens (primary N) is 1. The van der Waals surface area contributed by atoms with Crippen LogP contribution >= 0.6 is 11.6 Å². The number of nitrogens with zero attached hydrogens (tertiary/aromatic N) is 2. The predicted octanol–water partition coefficient (Wildman–Crippen LogP) is 1.52. The van der Waals surface area contributed by atoms with Gasteiger partial charge >= 0.3 is 0 Å². The molecule has 1 aromatic carbocycles. The van der Waals surface area contributed by atoms with Crippen LogP contribution < -0.4 is 15.2 Å². The van der Waals surface area contributed by atoms with Crippen LogP contribution in [0, 0.1) is 0 Å². The molecule has 1 aromatic heterocycles. The number of ether oxygens (including phenoxy) is 1. The molecule has 0 aliphatic heterocycles. The number of halogens is 1. The van der Waals surface area contributed by atoms with Crippen molar-refractivity contribution < 1.29 is 13.2 Å². The van der Waals surface area contributed by atoms with Gasteiger partial charge in [-0.05, 0) is 24.3 Å². The third-order valence-electron chi connectivity index (χ3n) is 2.35. The quantitative estimate of drug-likeness (QED) is 0.828. The van der Waals surface area contributed by atoms with Crippen LogP contribution in [0.15, 0.2) is 35.2 Å². The lowest BCUT2D eigenvalue weighted by atomic mass is 10.3. The van der Waals surface area contributed by atoms with Crippen molar-refractivity contribution in [3.8, 4) is 5.75 Å². The van der Waals surface area contributed by atoms with E-state index in [0.717, 1.165) is 0 Å². The highest BCUT2D eigenvalue weighted by Crippen LogP contribution is 2.27. The number of nitrogens with one attached hydrogen (secondary N) is 1. The fourth-order valence-electron chi connectivity index (χ4n) is 1.47. The van der Waals surface area contributed by atoms with Crippen molar-refractivity contribution in [3.05, 3.63) is 35.5 Å². The number of sulfonamides is 1. The van der Waals surface area contributed by atoms with Gasteiger partial charge in [0.25, 0.3) is 10.0 Å². The molecule has 9 heteroatoms. The molecule has 3 N–H and O–H groups in total. The van der Waals surface area contributed by atoms with Crippen molar-refractivity contribution in [2.75, 3.05) is 17.6 Å². The first-order chi connectivity index (χ1) is 9.42. The number of rotatable bonds is 4. The minimum absolute atomic E-state index is 0.0493. The number of benzene rings is 1. The maximum atomic E-state index is 12.2. The van der Waals surface area contributed by atoms with Crippen LogP contribution in [-0.2, 0) is 10.0 Å². The molecular weight excluding hydrogens is 304 g/mol. The zero-order valence-electron chi connectivity index (χ0n) is 10.4. The SMILES string of the molecule is COc1cc(N)ccc1S(=O)(=O)Nc1ccc(Cl)nn1. The summed E-state index contributed by atoms with van der Waals surface area (Å²) in [6.07, 6.45) is 0. The maximum Gasteiger partial charge on any atom is 0.266 e. The normalized spacial score (nSPS) is 11.1. The van der Waals surface area contributed by atoms with E-state index < -0.39 is 10.0 Å². The lowest BCUT2D eigenvalue weighted by Crippen LogP contribution is -2.15. The second-order valence-electron chi connectivity index (χ2n) is 3.76. The summed E-state index contributed by atoms with van der Waals surface area (Å²) in [6.45, 7) is 0. The van der Waals surface area contributed by atoms with Crippen LogP contribution in [0.2, 0.25) is 5.15 Å². The van der Waals surface area contributed by atoms with Crippen molar-refractivity contribution in [3.63, 3.8) is 0 Å². The zero-order chi connectivity index (χ0) is 14.8. The van der Waals surface area contributed by atoms with Gasteiger partial charge in [-0.2, -0.15) is 0 Å². The molecule has 0 saturated heterocycles. The number of aromatic nitrogens is 2. The van der Waals surface area contributed by atoms with Crippen molar-refractivity contribution in [2.45, 2.75) is 4.90 Å². The summed E-state index contributed by atoms with van der Waals surface area (Å²) in [5.41, 5.74) is 5.98. The Bertz CT molecular complexity index is 719. The fourth-order valence-corrected chi connectivity index (χ4v) is 2.72. The summed E-state index contributed by atoms with van der Waals surface area (Å²) in [7, 11) is -2.50. The van der Waals surface area contributed by atoms with Gasteiger partial charge in [-0.25, -0.2) is 8.42 Å². The number of anilines is 2. The first-order valence-electron chi connectivity index (χ1n) is 5.38. The zero-order valence-corrected chi connectivity index (χ0v) is 11.9. The van der Waals surface area contributed by atoms with E-state index in [9.17, 15) is 8.42 Å². The van der Waals surface area contributed by atoms with Gasteiger partial charge in [-0.1, -0.05) is 11.6 Å². The van der Waals surface area contributed by atoms with Crippen molar-refractivity contribution >= 4 is 33.1 Å². The second kappa shape index (κ2) is 5.51. The van der Waals surface area contributed by atoms with E-state index >= 15 is 0 Å². The third kappa shape index (κ3) is 3.09. The van der Waals surface area contributed by atoms with Gasteiger partial charge in [0.15, 0.2) is 11.0 Å². The van der Waals surface area contributed by atoms with E-state index in [1.165, 1.54) is 37.4 Å². The Morgan fingerprint density at radius 1 is 1.25 bits per heavy atom. The summed E-state index contributed by atoms with van der Waals surface area (Å²) in [5.74, 6) is 0.188. The lowest BCUT2D eigenvalue weighted by Gasteiger charge is -2.11. The molecule has 1 heterocycles. The van der Waals surface area contributed by atoms with E-state index in [-0.39, 0.29) is 21.6 Å². The van der Waals surface area contributed by atoms with Gasteiger partial charge in [-0.15, -0.1) is 10.2 Å². The Morgan fingerprint density at radius 2 is 2.00 bits per heavy atom. The Labute approximate surface area is 120 Å². The fraction of sp³-hybridized carbons (Fsp3) is 0.0909. The third-order valence-corrected chi connectivity index (χ3v) is 3.94. The topological polar surface area (TPSA) is 107 Å². The Kier molecular flexibility index (Phi) is 3.96. The van der Waals surface area contributed by atoms with Crippen LogP contribution in [0.3, 0.4) is 0 Å². The van der Waals surface area contributed by atoms with Gasteiger partial charge in [0, 0.05) is 11.8 Å². The summed E-state index contributed by atoms with van der Waals surface area (Å²) in [4.78, 5) is -0.0500. The minimum atomic E-state index is -3.86. The average Bonchev–Trinajstić information content (AvgIpc) is 2.40. The molecule has 0 unspecified atom stereocenters. The summed E-state index contributed by atoms with van der Waals surface area (Å²) >= 11 is 5.58. The highest BCUT2D eigenvalue weighted by Gasteiger charge is 2.20. The van der Waals surface area contributed by atoms with Crippen molar-refractivity contribution in [1.29, 1.82) is 0 Å². The first kappa shape index (κ1) is 14.4. The monoisotopic (exact) mass is 314 g/mol. The lowest BCUT2D eigenvalue weighted by molar-refractivity contribution is 0.403. The average molecular weight is 315 g/mol. The van der Waals surface area contributed by atoms with Crippen LogP contribution in [0.5, 0.6) is 5.75 Å². The van der Waals surface area contributed by atoms with Crippen LogP contribution in [0.4, 0.5) is 11.5 Å². The molecule has 0 amide bonds. The molecular formula is C11H11ClN4O3S. The Balaban J connectivity index is 2.38. The molecule has 106 valence electrons. The molecule has 0 aliphatic rings. The van der Waals surface area contributed by atoms with Crippen LogP contribution in [0.1, 0.15) is 0 Å². The van der Waals surface area contributed by atoms with E-state index in [4.69, 9.17) is 22.1 Å². The maximum absolute atomic E-state index is 12.2. The second-order valence-corrected chi connectivity index (χ2v) is 5.80. The molecule has 2 rings (SSSR count). The van der Waals surface area contributed by atoms with Crippen molar-refractivity contribution in [2.24, 2.45) is 0 Å². The number of methoxy groups -OCH3 is 1. The van der Waals surface area contributed by atoms with E-state index in [0.29, 0.717) is 5.69 Å². The van der Waals surface area contributed by atoms with Crippen molar-refractivity contribution in [1.82, 2.24) is 10.2 Å². The number of nitrogen functional groups attached to an aromatic ring is 1. The predicted molar refractivity (Wildman–Crippen MR) is 75.3 cm³/mol. The highest BCUT2D eigenvalue weighted by atomic mass is 35.5. The molecule has 0 aliphatic carbocycles. The van der Waals surface area contributed by atoms with Crippen LogP contribution in [0.25, 0.3) is 0 Å². The first-order valence-corrected chi connectivity index (χ1v) is 7.24. The van der Waals surface area contributed by atoms with E-state index in [1.807, 2.05) is 0 Å². The molecule has 0 fully saturated rings. The number of hydrogen-bond acceptors (Lipinski definition) is 6. The molecule has 0 spiro atoms. The summed E-state index contributed by atoms with van der Waals surface area (Å²) < 4.78 is 31.8. The van der Waals surface area contributed by atoms with Gasteiger partial charge < -0.3 is 10.5 Å². The van der Waals surface area contributed by atoms with Gasteiger partial charge in [0.1, 0.15) is 10.6 Å². The van der Waals surface area contributed by atoms with Crippen LogP contribution in [-0.4, -0.2) is 25.7 Å². The molecule has 20 heavy (non-hydrogen) atoms. The molecule has 7 nitrogen and oxygen atoms in total. The molecule has 0 radical (unpaired) electrons. The van der Waals surface area contributed by atoms with Gasteiger partial charge in [-0.3, -0.25) is 4.72 Å². The van der Waals surface area contributed by atoms with Gasteiger partial charge in [0.05, 0.1) is 7.11 Å². The minimum Gasteiger partial charge on any atom is -0.495 e. The molecule has 0 bridgehead atoms. The summed E-state index contributed by atoms with van der Waals surface area (Å²) in [6, 6.07) is 7.05.